The molecule has 1 fully saturated rings. The van der Waals surface area contributed by atoms with Crippen molar-refractivity contribution in [2.75, 3.05) is 23.7 Å². The van der Waals surface area contributed by atoms with Crippen LogP contribution >= 0.6 is 0 Å². The third kappa shape index (κ3) is 2.80. The van der Waals surface area contributed by atoms with Crippen molar-refractivity contribution in [2.24, 2.45) is 5.73 Å². The molecule has 0 unspecified atom stereocenters. The van der Waals surface area contributed by atoms with Crippen LogP contribution in [0, 0.1) is 13.8 Å². The molecule has 1 atom stereocenters. The van der Waals surface area contributed by atoms with Crippen LogP contribution in [0.25, 0.3) is 16.9 Å². The number of hydrogen-bond acceptors (Lipinski definition) is 6. The highest BCUT2D eigenvalue weighted by atomic mass is 15.2. The van der Waals surface area contributed by atoms with Crippen LogP contribution in [0.1, 0.15) is 24.0 Å². The Morgan fingerprint density at radius 1 is 1.08 bits per heavy atom. The van der Waals surface area contributed by atoms with Crippen LogP contribution in [0.3, 0.4) is 0 Å². The lowest BCUT2D eigenvalue weighted by Crippen LogP contribution is -2.43. The third-order valence-electron chi connectivity index (χ3n) is 4.95. The number of nitrogen functional groups attached to an aromatic ring is 1. The van der Waals surface area contributed by atoms with E-state index in [1.807, 2.05) is 10.6 Å². The Balaban J connectivity index is 1.80. The van der Waals surface area contributed by atoms with Crippen molar-refractivity contribution in [1.82, 2.24) is 19.5 Å². The molecule has 4 N–H and O–H groups in total. The molecule has 25 heavy (non-hydrogen) atoms. The number of aromatic nitrogens is 4. The van der Waals surface area contributed by atoms with Crippen molar-refractivity contribution in [1.29, 1.82) is 0 Å². The van der Waals surface area contributed by atoms with Crippen molar-refractivity contribution in [2.45, 2.75) is 32.7 Å². The van der Waals surface area contributed by atoms with Gasteiger partial charge in [-0.15, -0.1) is 0 Å². The highest BCUT2D eigenvalue weighted by molar-refractivity contribution is 5.82. The van der Waals surface area contributed by atoms with Crippen LogP contribution in [-0.4, -0.2) is 38.7 Å². The van der Waals surface area contributed by atoms with Gasteiger partial charge in [0.1, 0.15) is 18.0 Å². The van der Waals surface area contributed by atoms with E-state index in [0.717, 1.165) is 48.6 Å². The molecule has 7 heteroatoms. The second kappa shape index (κ2) is 6.00. The zero-order chi connectivity index (χ0) is 17.6. The van der Waals surface area contributed by atoms with E-state index in [2.05, 4.69) is 45.8 Å². The first-order valence-corrected chi connectivity index (χ1v) is 8.61. The number of benzene rings is 1. The van der Waals surface area contributed by atoms with Crippen LogP contribution in [0.5, 0.6) is 0 Å². The lowest BCUT2D eigenvalue weighted by molar-refractivity contribution is 0.503. The Bertz CT molecular complexity index is 931. The molecule has 130 valence electrons. The predicted octanol–water partition coefficient (Wildman–Crippen LogP) is 1.94. The summed E-state index contributed by atoms with van der Waals surface area (Å²) in [5, 5.41) is 0. The maximum atomic E-state index is 6.19. The number of hydrogen-bond donors (Lipinski definition) is 2. The molecule has 1 aromatic carbocycles. The first kappa shape index (κ1) is 15.8. The molecule has 1 aliphatic heterocycles. The lowest BCUT2D eigenvalue weighted by Gasteiger charge is -2.31. The average Bonchev–Trinajstić information content (AvgIpc) is 2.90. The molecule has 0 spiro atoms. The third-order valence-corrected chi connectivity index (χ3v) is 4.95. The van der Waals surface area contributed by atoms with Gasteiger partial charge in [0.25, 0.3) is 0 Å². The minimum atomic E-state index is 0.192. The van der Waals surface area contributed by atoms with Crippen molar-refractivity contribution in [3.63, 3.8) is 0 Å². The molecule has 3 aromatic rings. The first-order valence-electron chi connectivity index (χ1n) is 8.61. The van der Waals surface area contributed by atoms with Gasteiger partial charge in [-0.3, -0.25) is 4.57 Å². The molecule has 7 nitrogen and oxygen atoms in total. The predicted molar refractivity (Wildman–Crippen MR) is 100.0 cm³/mol. The summed E-state index contributed by atoms with van der Waals surface area (Å²) in [5.41, 5.74) is 16.5. The van der Waals surface area contributed by atoms with Crippen LogP contribution in [0.15, 0.2) is 24.5 Å². The summed E-state index contributed by atoms with van der Waals surface area (Å²) in [6.45, 7) is 5.94. The normalized spacial score (nSPS) is 18.0. The highest BCUT2D eigenvalue weighted by Gasteiger charge is 2.19. The SMILES string of the molecule is Cc1cc2nc(N)n(-c3cc(N4CCC[C@H](N)C4)ncn3)c2cc1C. The van der Waals surface area contributed by atoms with E-state index >= 15 is 0 Å². The molecule has 0 saturated carbocycles. The molecular formula is C18H23N7. The van der Waals surface area contributed by atoms with Gasteiger partial charge in [-0.05, 0) is 49.9 Å². The standard InChI is InChI=1S/C18H23N7/c1-11-6-14-15(7-12(11)2)25(18(20)23-14)17-8-16(21-10-22-17)24-5-3-4-13(19)9-24/h6-8,10,13H,3-5,9,19H2,1-2H3,(H2,20,23)/t13-/m0/s1. The molecule has 4 rings (SSSR count). The monoisotopic (exact) mass is 337 g/mol. The number of nitrogens with zero attached hydrogens (tertiary/aromatic N) is 5. The average molecular weight is 337 g/mol. The number of nitrogens with two attached hydrogens (primary N) is 2. The quantitative estimate of drug-likeness (QED) is 0.741. The number of fused-ring (bicyclic) bond motifs is 1. The van der Waals surface area contributed by atoms with Crippen molar-refractivity contribution < 1.29 is 0 Å². The van der Waals surface area contributed by atoms with Gasteiger partial charge >= 0.3 is 0 Å². The van der Waals surface area contributed by atoms with E-state index in [0.29, 0.717) is 5.95 Å². The maximum Gasteiger partial charge on any atom is 0.207 e. The maximum absolute atomic E-state index is 6.19. The van der Waals surface area contributed by atoms with Gasteiger partial charge < -0.3 is 16.4 Å². The smallest absolute Gasteiger partial charge is 0.207 e. The second-order valence-electron chi connectivity index (χ2n) is 6.81. The lowest BCUT2D eigenvalue weighted by atomic mass is 10.1. The summed E-state index contributed by atoms with van der Waals surface area (Å²) in [4.78, 5) is 15.6. The fourth-order valence-electron chi connectivity index (χ4n) is 3.44. The van der Waals surface area contributed by atoms with Gasteiger partial charge in [0.2, 0.25) is 5.95 Å². The second-order valence-corrected chi connectivity index (χ2v) is 6.81. The summed E-state index contributed by atoms with van der Waals surface area (Å²) in [6.07, 6.45) is 3.72. The van der Waals surface area contributed by atoms with Gasteiger partial charge in [0, 0.05) is 25.2 Å². The van der Waals surface area contributed by atoms with Crippen LogP contribution in [-0.2, 0) is 0 Å². The molecule has 3 heterocycles. The number of imidazole rings is 1. The van der Waals surface area contributed by atoms with Crippen molar-refractivity contribution in [3.05, 3.63) is 35.7 Å². The van der Waals surface area contributed by atoms with Crippen LogP contribution in [0.4, 0.5) is 11.8 Å². The topological polar surface area (TPSA) is 98.9 Å². The molecule has 0 radical (unpaired) electrons. The molecular weight excluding hydrogens is 314 g/mol. The van der Waals surface area contributed by atoms with Gasteiger partial charge in [0.05, 0.1) is 11.0 Å². The minimum Gasteiger partial charge on any atom is -0.369 e. The van der Waals surface area contributed by atoms with E-state index in [1.54, 1.807) is 6.33 Å². The summed E-state index contributed by atoms with van der Waals surface area (Å²) >= 11 is 0. The fraction of sp³-hybridized carbons (Fsp3) is 0.389. The summed E-state index contributed by atoms with van der Waals surface area (Å²) in [5.74, 6) is 2.04. The Kier molecular flexibility index (Phi) is 3.80. The fourth-order valence-corrected chi connectivity index (χ4v) is 3.44. The number of anilines is 2. The van der Waals surface area contributed by atoms with Gasteiger partial charge in [-0.1, -0.05) is 0 Å². The van der Waals surface area contributed by atoms with E-state index < -0.39 is 0 Å². The number of piperidine rings is 1. The van der Waals surface area contributed by atoms with Gasteiger partial charge in [-0.25, -0.2) is 15.0 Å². The van der Waals surface area contributed by atoms with E-state index in [9.17, 15) is 0 Å². The summed E-state index contributed by atoms with van der Waals surface area (Å²) < 4.78 is 1.89. The zero-order valence-corrected chi connectivity index (χ0v) is 14.6. The summed E-state index contributed by atoms with van der Waals surface area (Å²) in [7, 11) is 0. The van der Waals surface area contributed by atoms with Crippen molar-refractivity contribution in [3.8, 4) is 5.82 Å². The first-order chi connectivity index (χ1) is 12.0. The van der Waals surface area contributed by atoms with E-state index in [-0.39, 0.29) is 6.04 Å². The number of rotatable bonds is 2. The van der Waals surface area contributed by atoms with E-state index in [1.165, 1.54) is 11.1 Å². The molecule has 0 bridgehead atoms. The molecule has 0 amide bonds. The van der Waals surface area contributed by atoms with Gasteiger partial charge in [0.15, 0.2) is 0 Å². The molecule has 1 saturated heterocycles. The molecule has 1 aliphatic rings. The highest BCUT2D eigenvalue weighted by Crippen LogP contribution is 2.26. The Hall–Kier alpha value is -2.67. The summed E-state index contributed by atoms with van der Waals surface area (Å²) in [6, 6.07) is 6.32. The Morgan fingerprint density at radius 3 is 2.64 bits per heavy atom. The minimum absolute atomic E-state index is 0.192. The zero-order valence-electron chi connectivity index (χ0n) is 14.6. The Morgan fingerprint density at radius 2 is 1.84 bits per heavy atom. The van der Waals surface area contributed by atoms with Crippen LogP contribution < -0.4 is 16.4 Å². The largest absolute Gasteiger partial charge is 0.369 e. The van der Waals surface area contributed by atoms with Gasteiger partial charge in [-0.2, -0.15) is 0 Å². The number of aryl methyl sites for hydroxylation is 2. The van der Waals surface area contributed by atoms with E-state index in [4.69, 9.17) is 11.5 Å². The van der Waals surface area contributed by atoms with Crippen molar-refractivity contribution >= 4 is 22.8 Å². The Labute approximate surface area is 146 Å². The van der Waals surface area contributed by atoms with Crippen LogP contribution in [0.2, 0.25) is 0 Å². The molecule has 2 aromatic heterocycles. The molecule has 0 aliphatic carbocycles.